The summed E-state index contributed by atoms with van der Waals surface area (Å²) in [6, 6.07) is 6.51. The van der Waals surface area contributed by atoms with E-state index in [1.165, 1.54) is 4.31 Å². The molecule has 8 heteroatoms. The molecule has 104 valence electrons. The summed E-state index contributed by atoms with van der Waals surface area (Å²) in [5.41, 5.74) is 5.51. The highest BCUT2D eigenvalue weighted by atomic mass is 79.9. The molecule has 1 unspecified atom stereocenters. The zero-order chi connectivity index (χ0) is 14.0. The molecule has 1 saturated heterocycles. The van der Waals surface area contributed by atoms with Crippen LogP contribution >= 0.6 is 28.1 Å². The fraction of sp³-hybridized carbons (Fsp3) is 0.364. The molecule has 0 aromatic heterocycles. The Bertz CT molecular complexity index is 574. The Morgan fingerprint density at radius 1 is 1.42 bits per heavy atom. The number of nitrogens with zero attached hydrogens (tertiary/aromatic N) is 1. The summed E-state index contributed by atoms with van der Waals surface area (Å²) in [6.45, 7) is 0.753. The first-order chi connectivity index (χ1) is 8.91. The Kier molecular flexibility index (Phi) is 4.57. The molecule has 1 heterocycles. The van der Waals surface area contributed by atoms with Crippen molar-refractivity contribution < 1.29 is 13.2 Å². The van der Waals surface area contributed by atoms with Gasteiger partial charge in [-0.2, -0.15) is 4.31 Å². The van der Waals surface area contributed by atoms with E-state index in [0.29, 0.717) is 6.54 Å². The molecule has 2 N–H and O–H groups in total. The third-order valence-corrected chi connectivity index (χ3v) is 5.47. The zero-order valence-electron chi connectivity index (χ0n) is 9.95. The van der Waals surface area contributed by atoms with E-state index in [2.05, 4.69) is 15.9 Å². The predicted octanol–water partition coefficient (Wildman–Crippen LogP) is 1.12. The van der Waals surface area contributed by atoms with Crippen LogP contribution in [0.3, 0.4) is 0 Å². The summed E-state index contributed by atoms with van der Waals surface area (Å²) in [6.07, 6.45) is -0.519. The fourth-order valence-electron chi connectivity index (χ4n) is 1.77. The summed E-state index contributed by atoms with van der Waals surface area (Å²) < 4.78 is 32.4. The number of morpholine rings is 1. The van der Waals surface area contributed by atoms with Gasteiger partial charge in [0, 0.05) is 17.6 Å². The van der Waals surface area contributed by atoms with E-state index in [1.807, 2.05) is 0 Å². The van der Waals surface area contributed by atoms with Crippen molar-refractivity contribution in [2.75, 3.05) is 19.7 Å². The zero-order valence-corrected chi connectivity index (χ0v) is 13.2. The molecule has 1 aliphatic heterocycles. The summed E-state index contributed by atoms with van der Waals surface area (Å²) >= 11 is 8.12. The number of thiocarbonyl (C=S) groups is 1. The number of sulfonamides is 1. The van der Waals surface area contributed by atoms with E-state index in [4.69, 9.17) is 22.7 Å². The molecule has 1 aromatic carbocycles. The lowest BCUT2D eigenvalue weighted by molar-refractivity contribution is 0.0386. The van der Waals surface area contributed by atoms with Crippen LogP contribution in [0.15, 0.2) is 33.6 Å². The van der Waals surface area contributed by atoms with Gasteiger partial charge < -0.3 is 10.5 Å². The predicted molar refractivity (Wildman–Crippen MR) is 79.4 cm³/mol. The summed E-state index contributed by atoms with van der Waals surface area (Å²) in [4.78, 5) is 0.426. The second-order valence-corrected chi connectivity index (χ2v) is 7.40. The maximum absolute atomic E-state index is 12.4. The van der Waals surface area contributed by atoms with Crippen molar-refractivity contribution in [1.82, 2.24) is 4.31 Å². The SMILES string of the molecule is NC(=S)C1CN(S(=O)(=O)c2ccc(Br)cc2)CCO1. The number of rotatable bonds is 3. The fourth-order valence-corrected chi connectivity index (χ4v) is 3.60. The molecule has 5 nitrogen and oxygen atoms in total. The van der Waals surface area contributed by atoms with E-state index >= 15 is 0 Å². The number of ether oxygens (including phenoxy) is 1. The number of hydrogen-bond donors (Lipinski definition) is 1. The van der Waals surface area contributed by atoms with Crippen LogP contribution in [-0.2, 0) is 14.8 Å². The monoisotopic (exact) mass is 364 g/mol. The van der Waals surface area contributed by atoms with E-state index in [0.717, 1.165) is 4.47 Å². The van der Waals surface area contributed by atoms with Crippen molar-refractivity contribution in [3.63, 3.8) is 0 Å². The quantitative estimate of drug-likeness (QED) is 0.813. The molecule has 0 spiro atoms. The lowest BCUT2D eigenvalue weighted by Gasteiger charge is -2.31. The summed E-state index contributed by atoms with van der Waals surface area (Å²) in [5, 5.41) is 0. The van der Waals surface area contributed by atoms with Crippen molar-refractivity contribution in [3.8, 4) is 0 Å². The average Bonchev–Trinajstić information content (AvgIpc) is 2.39. The molecule has 1 atom stereocenters. The molecular weight excluding hydrogens is 352 g/mol. The van der Waals surface area contributed by atoms with Crippen molar-refractivity contribution in [3.05, 3.63) is 28.7 Å². The third kappa shape index (κ3) is 3.32. The van der Waals surface area contributed by atoms with E-state index in [9.17, 15) is 8.42 Å². The topological polar surface area (TPSA) is 72.6 Å². The Morgan fingerprint density at radius 3 is 2.63 bits per heavy atom. The molecule has 0 aliphatic carbocycles. The highest BCUT2D eigenvalue weighted by molar-refractivity contribution is 9.10. The van der Waals surface area contributed by atoms with Gasteiger partial charge in [-0.1, -0.05) is 28.1 Å². The van der Waals surface area contributed by atoms with Crippen LogP contribution in [0.2, 0.25) is 0 Å². The maximum atomic E-state index is 12.4. The van der Waals surface area contributed by atoms with Gasteiger partial charge >= 0.3 is 0 Å². The first-order valence-corrected chi connectivity index (χ1v) is 8.22. The number of halogens is 1. The van der Waals surface area contributed by atoms with Crippen LogP contribution in [0.5, 0.6) is 0 Å². The summed E-state index contributed by atoms with van der Waals surface area (Å²) in [7, 11) is -3.53. The van der Waals surface area contributed by atoms with E-state index < -0.39 is 16.1 Å². The van der Waals surface area contributed by atoms with Crippen LogP contribution in [0.4, 0.5) is 0 Å². The standard InChI is InChI=1S/C11H13BrN2O3S2/c12-8-1-3-9(4-2-8)19(15,16)14-5-6-17-10(7-14)11(13)18/h1-4,10H,5-7H2,(H2,13,18). The lowest BCUT2D eigenvalue weighted by atomic mass is 10.3. The van der Waals surface area contributed by atoms with Gasteiger partial charge in [0.25, 0.3) is 0 Å². The Balaban J connectivity index is 2.24. The number of hydrogen-bond acceptors (Lipinski definition) is 4. The number of benzene rings is 1. The van der Waals surface area contributed by atoms with Crippen LogP contribution < -0.4 is 5.73 Å². The molecule has 0 bridgehead atoms. The molecule has 1 aromatic rings. The Morgan fingerprint density at radius 2 is 2.05 bits per heavy atom. The van der Waals surface area contributed by atoms with Gasteiger partial charge in [-0.05, 0) is 24.3 Å². The van der Waals surface area contributed by atoms with Crippen LogP contribution in [-0.4, -0.2) is 43.5 Å². The molecule has 0 saturated carbocycles. The first-order valence-electron chi connectivity index (χ1n) is 5.58. The van der Waals surface area contributed by atoms with E-state index in [1.54, 1.807) is 24.3 Å². The van der Waals surface area contributed by atoms with Gasteiger partial charge in [-0.3, -0.25) is 0 Å². The third-order valence-electron chi connectivity index (χ3n) is 2.80. The molecule has 2 rings (SSSR count). The van der Waals surface area contributed by atoms with Gasteiger partial charge in [0.1, 0.15) is 11.1 Å². The van der Waals surface area contributed by atoms with Crippen molar-refractivity contribution in [2.24, 2.45) is 5.73 Å². The molecule has 1 fully saturated rings. The van der Waals surface area contributed by atoms with Gasteiger partial charge in [-0.25, -0.2) is 8.42 Å². The second kappa shape index (κ2) is 5.84. The lowest BCUT2D eigenvalue weighted by Crippen LogP contribution is -2.49. The smallest absolute Gasteiger partial charge is 0.243 e. The molecule has 19 heavy (non-hydrogen) atoms. The largest absolute Gasteiger partial charge is 0.391 e. The highest BCUT2D eigenvalue weighted by Gasteiger charge is 2.31. The van der Waals surface area contributed by atoms with Crippen LogP contribution in [0.25, 0.3) is 0 Å². The first kappa shape index (κ1) is 14.9. The highest BCUT2D eigenvalue weighted by Crippen LogP contribution is 2.20. The van der Waals surface area contributed by atoms with Crippen molar-refractivity contribution in [2.45, 2.75) is 11.0 Å². The van der Waals surface area contributed by atoms with Crippen LogP contribution in [0.1, 0.15) is 0 Å². The Labute approximate surface area is 125 Å². The van der Waals surface area contributed by atoms with Gasteiger partial charge in [0.2, 0.25) is 10.0 Å². The van der Waals surface area contributed by atoms with Crippen molar-refractivity contribution >= 4 is 43.2 Å². The molecule has 1 aliphatic rings. The maximum Gasteiger partial charge on any atom is 0.243 e. The average molecular weight is 365 g/mol. The molecular formula is C11H13BrN2O3S2. The summed E-state index contributed by atoms with van der Waals surface area (Å²) in [5.74, 6) is 0. The van der Waals surface area contributed by atoms with Gasteiger partial charge in [0.15, 0.2) is 0 Å². The molecule has 0 amide bonds. The minimum atomic E-state index is -3.53. The minimum absolute atomic E-state index is 0.160. The number of nitrogens with two attached hydrogens (primary N) is 1. The van der Waals surface area contributed by atoms with E-state index in [-0.39, 0.29) is 23.0 Å². The minimum Gasteiger partial charge on any atom is -0.391 e. The van der Waals surface area contributed by atoms with Gasteiger partial charge in [0.05, 0.1) is 11.5 Å². The second-order valence-electron chi connectivity index (χ2n) is 4.08. The van der Waals surface area contributed by atoms with Crippen molar-refractivity contribution in [1.29, 1.82) is 0 Å². The molecule has 0 radical (unpaired) electrons. The Hall–Kier alpha value is -0.540. The van der Waals surface area contributed by atoms with Crippen LogP contribution in [0, 0.1) is 0 Å². The normalized spacial score (nSPS) is 21.2. The van der Waals surface area contributed by atoms with Gasteiger partial charge in [-0.15, -0.1) is 0 Å².